The van der Waals surface area contributed by atoms with E-state index in [1.165, 1.54) is 0 Å². The lowest BCUT2D eigenvalue weighted by molar-refractivity contribution is -0.127. The summed E-state index contributed by atoms with van der Waals surface area (Å²) in [4.78, 5) is 41.0. The van der Waals surface area contributed by atoms with Gasteiger partial charge in [0.1, 0.15) is 6.54 Å². The standard InChI is InChI=1S/C26H21ClN2O3S2/c1-16-3-8-20(13-17(16)2)28-24(30)15-29-25(31)23(34-26(29)32)14-18-4-9-21(10-5-18)33-22-11-6-19(27)7-12-22/h3-14H,15H2,1-2H3,(H,28,30)/b23-14-. The Labute approximate surface area is 211 Å². The van der Waals surface area contributed by atoms with E-state index < -0.39 is 17.1 Å². The van der Waals surface area contributed by atoms with Crippen molar-refractivity contribution in [2.24, 2.45) is 0 Å². The minimum Gasteiger partial charge on any atom is -0.325 e. The van der Waals surface area contributed by atoms with Crippen LogP contribution in [0.25, 0.3) is 6.08 Å². The van der Waals surface area contributed by atoms with Gasteiger partial charge < -0.3 is 5.32 Å². The van der Waals surface area contributed by atoms with Crippen molar-refractivity contribution in [2.75, 3.05) is 11.9 Å². The van der Waals surface area contributed by atoms with E-state index in [2.05, 4.69) is 5.32 Å². The monoisotopic (exact) mass is 508 g/mol. The first-order valence-electron chi connectivity index (χ1n) is 10.4. The molecule has 4 rings (SSSR count). The molecule has 0 atom stereocenters. The van der Waals surface area contributed by atoms with Crippen LogP contribution in [0.2, 0.25) is 5.02 Å². The minimum absolute atomic E-state index is 0.294. The molecule has 172 valence electrons. The molecule has 0 radical (unpaired) electrons. The molecular formula is C26H21ClN2O3S2. The van der Waals surface area contributed by atoms with E-state index in [-0.39, 0.29) is 6.54 Å². The number of anilines is 1. The molecule has 0 bridgehead atoms. The summed E-state index contributed by atoms with van der Waals surface area (Å²) < 4.78 is 0. The molecule has 1 aliphatic heterocycles. The second-order valence-electron chi connectivity index (χ2n) is 7.74. The topological polar surface area (TPSA) is 66.5 Å². The number of thioether (sulfide) groups is 1. The van der Waals surface area contributed by atoms with Gasteiger partial charge >= 0.3 is 0 Å². The highest BCUT2D eigenvalue weighted by molar-refractivity contribution is 8.18. The van der Waals surface area contributed by atoms with E-state index in [0.717, 1.165) is 43.1 Å². The quantitative estimate of drug-likeness (QED) is 0.371. The lowest BCUT2D eigenvalue weighted by atomic mass is 10.1. The third-order valence-corrected chi connectivity index (χ3v) is 7.37. The van der Waals surface area contributed by atoms with E-state index in [0.29, 0.717) is 15.6 Å². The van der Waals surface area contributed by atoms with Gasteiger partial charge in [0.25, 0.3) is 11.1 Å². The van der Waals surface area contributed by atoms with Gasteiger partial charge in [-0.15, -0.1) is 0 Å². The smallest absolute Gasteiger partial charge is 0.294 e. The lowest BCUT2D eigenvalue weighted by Gasteiger charge is -2.13. The van der Waals surface area contributed by atoms with Crippen LogP contribution in [0, 0.1) is 13.8 Å². The van der Waals surface area contributed by atoms with Gasteiger partial charge in [0.15, 0.2) is 0 Å². The molecule has 1 fully saturated rings. The van der Waals surface area contributed by atoms with Crippen LogP contribution in [-0.2, 0) is 9.59 Å². The fraction of sp³-hybridized carbons (Fsp3) is 0.115. The highest BCUT2D eigenvalue weighted by Gasteiger charge is 2.36. The van der Waals surface area contributed by atoms with Crippen LogP contribution in [0.5, 0.6) is 0 Å². The number of amides is 3. The number of rotatable bonds is 6. The average Bonchev–Trinajstić information content (AvgIpc) is 3.06. The van der Waals surface area contributed by atoms with Gasteiger partial charge in [-0.25, -0.2) is 0 Å². The van der Waals surface area contributed by atoms with E-state index in [9.17, 15) is 14.4 Å². The third kappa shape index (κ3) is 5.91. The SMILES string of the molecule is Cc1ccc(NC(=O)CN2C(=O)S/C(=C\c3ccc(Sc4ccc(Cl)cc4)cc3)C2=O)cc1C. The van der Waals surface area contributed by atoms with Gasteiger partial charge in [-0.05, 0) is 96.9 Å². The van der Waals surface area contributed by atoms with Gasteiger partial charge in [0.05, 0.1) is 4.91 Å². The second-order valence-corrected chi connectivity index (χ2v) is 10.3. The molecular weight excluding hydrogens is 488 g/mol. The van der Waals surface area contributed by atoms with Crippen LogP contribution in [0.1, 0.15) is 16.7 Å². The Morgan fingerprint density at radius 3 is 2.26 bits per heavy atom. The number of hydrogen-bond acceptors (Lipinski definition) is 5. The summed E-state index contributed by atoms with van der Waals surface area (Å²) in [7, 11) is 0. The van der Waals surface area contributed by atoms with Crippen molar-refractivity contribution in [1.29, 1.82) is 0 Å². The van der Waals surface area contributed by atoms with Gasteiger partial charge in [0, 0.05) is 20.5 Å². The Balaban J connectivity index is 1.39. The predicted octanol–water partition coefficient (Wildman–Crippen LogP) is 6.78. The van der Waals surface area contributed by atoms with Crippen LogP contribution in [0.3, 0.4) is 0 Å². The minimum atomic E-state index is -0.468. The molecule has 3 amide bonds. The number of carbonyl (C=O) groups excluding carboxylic acids is 3. The number of hydrogen-bond donors (Lipinski definition) is 1. The highest BCUT2D eigenvalue weighted by Crippen LogP contribution is 2.33. The molecule has 0 aromatic heterocycles. The molecule has 1 aliphatic rings. The van der Waals surface area contributed by atoms with Crippen LogP contribution in [-0.4, -0.2) is 28.5 Å². The first-order chi connectivity index (χ1) is 16.3. The van der Waals surface area contributed by atoms with Crippen molar-refractivity contribution in [3.05, 3.63) is 93.3 Å². The first kappa shape index (κ1) is 24.1. The molecule has 1 saturated heterocycles. The Bertz CT molecular complexity index is 1290. The molecule has 8 heteroatoms. The number of halogens is 1. The van der Waals surface area contributed by atoms with Crippen molar-refractivity contribution in [1.82, 2.24) is 4.90 Å². The number of benzene rings is 3. The maximum atomic E-state index is 12.8. The maximum absolute atomic E-state index is 12.8. The molecule has 34 heavy (non-hydrogen) atoms. The Hall–Kier alpha value is -3.00. The summed E-state index contributed by atoms with van der Waals surface area (Å²) in [6.07, 6.45) is 1.67. The van der Waals surface area contributed by atoms with Crippen LogP contribution >= 0.6 is 35.1 Å². The molecule has 3 aromatic rings. The Morgan fingerprint density at radius 1 is 0.971 bits per heavy atom. The number of nitrogens with one attached hydrogen (secondary N) is 1. The fourth-order valence-electron chi connectivity index (χ4n) is 3.22. The van der Waals surface area contributed by atoms with Crippen LogP contribution < -0.4 is 5.32 Å². The molecule has 0 unspecified atom stereocenters. The van der Waals surface area contributed by atoms with Gasteiger partial charge in [-0.2, -0.15) is 0 Å². The Morgan fingerprint density at radius 2 is 1.62 bits per heavy atom. The van der Waals surface area contributed by atoms with E-state index in [1.807, 2.05) is 74.5 Å². The zero-order chi connectivity index (χ0) is 24.2. The van der Waals surface area contributed by atoms with Crippen molar-refractivity contribution in [3.63, 3.8) is 0 Å². The van der Waals surface area contributed by atoms with Crippen molar-refractivity contribution in [3.8, 4) is 0 Å². The van der Waals surface area contributed by atoms with Crippen molar-refractivity contribution >= 4 is 63.9 Å². The fourth-order valence-corrected chi connectivity index (χ4v) is 5.00. The summed E-state index contributed by atoms with van der Waals surface area (Å²) in [6, 6.07) is 20.8. The molecule has 3 aromatic carbocycles. The van der Waals surface area contributed by atoms with Gasteiger partial charge in [-0.1, -0.05) is 41.6 Å². The second kappa shape index (κ2) is 10.5. The molecule has 5 nitrogen and oxygen atoms in total. The predicted molar refractivity (Wildman–Crippen MR) is 139 cm³/mol. The average molecular weight is 509 g/mol. The summed E-state index contributed by atoms with van der Waals surface area (Å²) in [5.41, 5.74) is 3.59. The normalized spacial score (nSPS) is 14.7. The number of nitrogens with zero attached hydrogens (tertiary/aromatic N) is 1. The van der Waals surface area contributed by atoms with E-state index >= 15 is 0 Å². The zero-order valence-electron chi connectivity index (χ0n) is 18.5. The lowest BCUT2D eigenvalue weighted by Crippen LogP contribution is -2.36. The zero-order valence-corrected chi connectivity index (χ0v) is 20.9. The van der Waals surface area contributed by atoms with E-state index in [4.69, 9.17) is 11.6 Å². The third-order valence-electron chi connectivity index (χ3n) is 5.19. The van der Waals surface area contributed by atoms with Gasteiger partial charge in [0.2, 0.25) is 5.91 Å². The Kier molecular flexibility index (Phi) is 7.46. The summed E-state index contributed by atoms with van der Waals surface area (Å²) in [6.45, 7) is 3.61. The summed E-state index contributed by atoms with van der Waals surface area (Å²) in [5, 5.41) is 2.98. The van der Waals surface area contributed by atoms with Crippen LogP contribution in [0.15, 0.2) is 81.4 Å². The number of aryl methyl sites for hydroxylation is 2. The van der Waals surface area contributed by atoms with Crippen molar-refractivity contribution in [2.45, 2.75) is 23.6 Å². The highest BCUT2D eigenvalue weighted by atomic mass is 35.5. The van der Waals surface area contributed by atoms with E-state index in [1.54, 1.807) is 23.9 Å². The molecule has 0 spiro atoms. The molecule has 1 N–H and O–H groups in total. The van der Waals surface area contributed by atoms with Gasteiger partial charge in [-0.3, -0.25) is 19.3 Å². The van der Waals surface area contributed by atoms with Crippen LogP contribution in [0.4, 0.5) is 10.5 Å². The summed E-state index contributed by atoms with van der Waals surface area (Å²) in [5.74, 6) is -0.889. The summed E-state index contributed by atoms with van der Waals surface area (Å²) >= 11 is 8.37. The first-order valence-corrected chi connectivity index (χ1v) is 12.5. The number of carbonyl (C=O) groups is 3. The molecule has 0 saturated carbocycles. The number of imide groups is 1. The maximum Gasteiger partial charge on any atom is 0.294 e. The van der Waals surface area contributed by atoms with Crippen molar-refractivity contribution < 1.29 is 14.4 Å². The molecule has 0 aliphatic carbocycles. The largest absolute Gasteiger partial charge is 0.325 e. The molecule has 1 heterocycles.